The number of benzene rings is 1. The first kappa shape index (κ1) is 16.3. The molecule has 1 aromatic rings. The lowest BCUT2D eigenvalue weighted by Crippen LogP contribution is -2.48. The van der Waals surface area contributed by atoms with Gasteiger partial charge in [-0.3, -0.25) is 4.21 Å². The largest absolute Gasteiger partial charge is 0.508 e. The van der Waals surface area contributed by atoms with Crippen molar-refractivity contribution in [1.82, 2.24) is 0 Å². The fourth-order valence-electron chi connectivity index (χ4n) is 3.24. The van der Waals surface area contributed by atoms with Crippen molar-refractivity contribution in [3.8, 4) is 5.75 Å². The average molecular weight is 309 g/mol. The van der Waals surface area contributed by atoms with Crippen LogP contribution in [0, 0.1) is 11.8 Å². The summed E-state index contributed by atoms with van der Waals surface area (Å²) in [6.07, 6.45) is 2.13. The summed E-state index contributed by atoms with van der Waals surface area (Å²) in [5, 5.41) is 9.73. The van der Waals surface area contributed by atoms with Crippen molar-refractivity contribution in [3.63, 3.8) is 0 Å². The van der Waals surface area contributed by atoms with E-state index in [0.29, 0.717) is 23.6 Å². The van der Waals surface area contributed by atoms with Gasteiger partial charge in [-0.25, -0.2) is 0 Å². The summed E-state index contributed by atoms with van der Waals surface area (Å²) in [4.78, 5) is 2.40. The molecule has 1 fully saturated rings. The van der Waals surface area contributed by atoms with Gasteiger partial charge < -0.3 is 10.0 Å². The van der Waals surface area contributed by atoms with E-state index in [4.69, 9.17) is 0 Å². The summed E-state index contributed by atoms with van der Waals surface area (Å²) < 4.78 is 11.8. The molecule has 0 amide bonds. The molecule has 4 unspecified atom stereocenters. The van der Waals surface area contributed by atoms with E-state index in [2.05, 4.69) is 24.8 Å². The third kappa shape index (κ3) is 4.00. The fraction of sp³-hybridized carbons (Fsp3) is 0.647. The van der Waals surface area contributed by atoms with Crippen LogP contribution >= 0.6 is 0 Å². The van der Waals surface area contributed by atoms with Gasteiger partial charge in [-0.1, -0.05) is 26.8 Å². The second kappa shape index (κ2) is 7.30. The van der Waals surface area contributed by atoms with Gasteiger partial charge in [-0.2, -0.15) is 0 Å². The molecular weight excluding hydrogens is 282 g/mol. The summed E-state index contributed by atoms with van der Waals surface area (Å²) in [5.41, 5.74) is 1.08. The van der Waals surface area contributed by atoms with Crippen molar-refractivity contribution in [1.29, 1.82) is 0 Å². The zero-order chi connectivity index (χ0) is 15.4. The Morgan fingerprint density at radius 3 is 2.81 bits per heavy atom. The first-order valence-electron chi connectivity index (χ1n) is 7.93. The number of nitrogens with zero attached hydrogens (tertiary/aromatic N) is 1. The topological polar surface area (TPSA) is 40.5 Å². The van der Waals surface area contributed by atoms with Gasteiger partial charge in [0.15, 0.2) is 0 Å². The van der Waals surface area contributed by atoms with Crippen LogP contribution in [0.3, 0.4) is 0 Å². The van der Waals surface area contributed by atoms with Crippen LogP contribution < -0.4 is 4.90 Å². The van der Waals surface area contributed by atoms with E-state index in [9.17, 15) is 9.32 Å². The summed E-state index contributed by atoms with van der Waals surface area (Å²) >= 11 is 0. The number of aromatic hydroxyl groups is 1. The molecule has 1 aliphatic rings. The Kier molecular flexibility index (Phi) is 5.68. The molecule has 1 N–H and O–H groups in total. The van der Waals surface area contributed by atoms with Gasteiger partial charge in [0.25, 0.3) is 0 Å². The Hall–Kier alpha value is -1.03. The van der Waals surface area contributed by atoms with Crippen molar-refractivity contribution < 1.29 is 9.32 Å². The number of hydrogen-bond acceptors (Lipinski definition) is 3. The van der Waals surface area contributed by atoms with E-state index in [-0.39, 0.29) is 0 Å². The van der Waals surface area contributed by atoms with Crippen LogP contribution in [0.15, 0.2) is 24.3 Å². The molecule has 1 saturated heterocycles. The van der Waals surface area contributed by atoms with Gasteiger partial charge in [-0.05, 0) is 36.8 Å². The number of hydrogen-bond donors (Lipinski definition) is 1. The Bertz CT molecular complexity index is 491. The Morgan fingerprint density at radius 2 is 2.14 bits per heavy atom. The maximum absolute atomic E-state index is 11.8. The lowest BCUT2D eigenvalue weighted by Gasteiger charge is -2.45. The lowest BCUT2D eigenvalue weighted by atomic mass is 9.80. The Balaban J connectivity index is 2.18. The third-order valence-electron chi connectivity index (χ3n) is 4.85. The molecule has 1 heterocycles. The van der Waals surface area contributed by atoms with E-state index in [0.717, 1.165) is 30.2 Å². The lowest BCUT2D eigenvalue weighted by molar-refractivity contribution is 0.249. The van der Waals surface area contributed by atoms with Crippen LogP contribution in [0.4, 0.5) is 5.69 Å². The highest BCUT2D eigenvalue weighted by atomic mass is 32.2. The maximum Gasteiger partial charge on any atom is 0.117 e. The highest BCUT2D eigenvalue weighted by molar-refractivity contribution is 7.84. The summed E-state index contributed by atoms with van der Waals surface area (Å²) in [7, 11) is -0.707. The van der Waals surface area contributed by atoms with Crippen molar-refractivity contribution in [2.75, 3.05) is 23.0 Å². The molecule has 0 aliphatic carbocycles. The predicted molar refractivity (Wildman–Crippen MR) is 90.4 cm³/mol. The highest BCUT2D eigenvalue weighted by Gasteiger charge is 2.33. The monoisotopic (exact) mass is 309 g/mol. The van der Waals surface area contributed by atoms with Gasteiger partial charge in [0, 0.05) is 46.6 Å². The molecule has 0 bridgehead atoms. The van der Waals surface area contributed by atoms with E-state index in [1.54, 1.807) is 6.07 Å². The minimum Gasteiger partial charge on any atom is -0.508 e. The van der Waals surface area contributed by atoms with Gasteiger partial charge in [0.1, 0.15) is 5.75 Å². The number of phenols is 1. The molecule has 4 atom stereocenters. The van der Waals surface area contributed by atoms with Gasteiger partial charge in [0.2, 0.25) is 0 Å². The highest BCUT2D eigenvalue weighted by Crippen LogP contribution is 2.35. The molecule has 118 valence electrons. The first-order valence-corrected chi connectivity index (χ1v) is 9.42. The number of anilines is 1. The molecule has 4 heteroatoms. The molecule has 0 saturated carbocycles. The van der Waals surface area contributed by atoms with Crippen molar-refractivity contribution in [3.05, 3.63) is 24.3 Å². The molecule has 0 spiro atoms. The second-order valence-electron chi connectivity index (χ2n) is 6.13. The Morgan fingerprint density at radius 1 is 1.38 bits per heavy atom. The van der Waals surface area contributed by atoms with Crippen LogP contribution in [-0.4, -0.2) is 33.4 Å². The molecule has 1 aromatic carbocycles. The molecule has 0 aromatic heterocycles. The minimum absolute atomic E-state index is 0.314. The van der Waals surface area contributed by atoms with Gasteiger partial charge >= 0.3 is 0 Å². The SMILES string of the molecule is CCS(=O)CCC1C(C)C(C)CCN1c1cccc(O)c1. The fourth-order valence-corrected chi connectivity index (χ4v) is 4.04. The zero-order valence-electron chi connectivity index (χ0n) is 13.3. The van der Waals surface area contributed by atoms with Crippen LogP contribution in [0.2, 0.25) is 0 Å². The van der Waals surface area contributed by atoms with E-state index < -0.39 is 10.8 Å². The normalized spacial score (nSPS) is 27.6. The average Bonchev–Trinajstić information content (AvgIpc) is 2.48. The standard InChI is InChI=1S/C17H27NO2S/c1-4-21(20)11-9-17-14(3)13(2)8-10-18(17)15-6-5-7-16(19)12-15/h5-7,12-14,17,19H,4,8-11H2,1-3H3. The molecule has 0 radical (unpaired) electrons. The van der Waals surface area contributed by atoms with E-state index in [1.807, 2.05) is 19.1 Å². The first-order chi connectivity index (χ1) is 10.0. The number of piperidine rings is 1. The van der Waals surface area contributed by atoms with E-state index >= 15 is 0 Å². The number of phenolic OH excluding ortho intramolecular Hbond substituents is 1. The van der Waals surface area contributed by atoms with Crippen molar-refractivity contribution >= 4 is 16.5 Å². The van der Waals surface area contributed by atoms with E-state index in [1.165, 1.54) is 6.42 Å². The Labute approximate surface area is 130 Å². The van der Waals surface area contributed by atoms with Gasteiger partial charge in [-0.15, -0.1) is 0 Å². The van der Waals surface area contributed by atoms with Crippen LogP contribution in [-0.2, 0) is 10.8 Å². The second-order valence-corrected chi connectivity index (χ2v) is 7.99. The van der Waals surface area contributed by atoms with Gasteiger partial charge in [0.05, 0.1) is 0 Å². The molecule has 3 nitrogen and oxygen atoms in total. The smallest absolute Gasteiger partial charge is 0.117 e. The third-order valence-corrected chi connectivity index (χ3v) is 6.19. The molecule has 1 aliphatic heterocycles. The summed E-state index contributed by atoms with van der Waals surface area (Å²) in [6, 6.07) is 7.92. The predicted octanol–water partition coefficient (Wildman–Crippen LogP) is 3.40. The van der Waals surface area contributed by atoms with Crippen LogP contribution in [0.1, 0.15) is 33.6 Å². The summed E-state index contributed by atoms with van der Waals surface area (Å²) in [5.74, 6) is 3.10. The number of rotatable bonds is 5. The van der Waals surface area contributed by atoms with Crippen LogP contribution in [0.5, 0.6) is 5.75 Å². The zero-order valence-corrected chi connectivity index (χ0v) is 14.1. The molecule has 21 heavy (non-hydrogen) atoms. The maximum atomic E-state index is 11.8. The van der Waals surface area contributed by atoms with Crippen LogP contribution in [0.25, 0.3) is 0 Å². The molecule has 2 rings (SSSR count). The van der Waals surface area contributed by atoms with Crippen molar-refractivity contribution in [2.24, 2.45) is 11.8 Å². The quantitative estimate of drug-likeness (QED) is 0.906. The molecular formula is C17H27NO2S. The summed E-state index contributed by atoms with van der Waals surface area (Å²) in [6.45, 7) is 7.61. The van der Waals surface area contributed by atoms with Crippen molar-refractivity contribution in [2.45, 2.75) is 39.7 Å². The minimum atomic E-state index is -0.707.